The highest BCUT2D eigenvalue weighted by Crippen LogP contribution is 2.61. The largest absolute Gasteiger partial charge is 0.492 e. The molecule has 0 radical (unpaired) electrons. The van der Waals surface area contributed by atoms with Gasteiger partial charge in [0.15, 0.2) is 0 Å². The van der Waals surface area contributed by atoms with Gasteiger partial charge in [-0.1, -0.05) is 155 Å². The maximum absolute atomic E-state index is 10.6. The molecular formula is C115H223N9O24. The van der Waals surface area contributed by atoms with E-state index in [0.29, 0.717) is 169 Å². The Morgan fingerprint density at radius 3 is 1.01 bits per heavy atom. The van der Waals surface area contributed by atoms with Gasteiger partial charge < -0.3 is 120 Å². The first kappa shape index (κ1) is 139. The minimum atomic E-state index is -0.505. The second-order valence-electron chi connectivity index (χ2n) is 42.4. The van der Waals surface area contributed by atoms with E-state index in [4.69, 9.17) is 48.8 Å². The maximum Gasteiger partial charge on any atom is 0.119 e. The molecule has 8 rings (SSSR count). The molecule has 2 bridgehead atoms. The molecule has 0 spiro atoms. The third-order valence-corrected chi connectivity index (χ3v) is 31.0. The van der Waals surface area contributed by atoms with Gasteiger partial charge in [0, 0.05) is 156 Å². The molecule has 18 N–H and O–H groups in total. The Balaban J connectivity index is 0.000000476. The van der Waals surface area contributed by atoms with Crippen molar-refractivity contribution in [3.8, 4) is 11.5 Å². The number of likely N-dealkylation sites (N-methyl/N-ethyl adjacent to an activating group) is 2. The Hall–Kier alpha value is -3.20. The first-order valence-electron chi connectivity index (χ1n) is 58.8. The second kappa shape index (κ2) is 93.8. The summed E-state index contributed by atoms with van der Waals surface area (Å²) >= 11 is 0. The van der Waals surface area contributed by atoms with Crippen LogP contribution in [0.4, 0.5) is 0 Å². The van der Waals surface area contributed by atoms with Crippen molar-refractivity contribution >= 4 is 0 Å². The van der Waals surface area contributed by atoms with Crippen molar-refractivity contribution in [3.63, 3.8) is 0 Å². The molecule has 6 aliphatic carbocycles. The Morgan fingerprint density at radius 1 is 0.284 bits per heavy atom. The van der Waals surface area contributed by atoms with E-state index in [9.17, 15) is 71.5 Å². The highest BCUT2D eigenvalue weighted by Gasteiger charge is 2.53. The smallest absolute Gasteiger partial charge is 0.119 e. The number of benzene rings is 2. The molecule has 0 amide bonds. The van der Waals surface area contributed by atoms with Crippen LogP contribution in [0, 0.1) is 53.3 Å². The van der Waals surface area contributed by atoms with Gasteiger partial charge in [-0.25, -0.2) is 0 Å². The lowest BCUT2D eigenvalue weighted by Crippen LogP contribution is -2.62. The van der Waals surface area contributed by atoms with Gasteiger partial charge in [0.25, 0.3) is 0 Å². The highest BCUT2D eigenvalue weighted by molar-refractivity contribution is 5.22. The van der Waals surface area contributed by atoms with Crippen LogP contribution >= 0.6 is 0 Å². The summed E-state index contributed by atoms with van der Waals surface area (Å²) in [7, 11) is 0. The van der Waals surface area contributed by atoms with E-state index in [0.717, 1.165) is 208 Å². The van der Waals surface area contributed by atoms with Crippen LogP contribution in [0.2, 0.25) is 0 Å². The minimum absolute atomic E-state index is 0.0275. The van der Waals surface area contributed by atoms with Crippen LogP contribution in [0.5, 0.6) is 11.5 Å². The minimum Gasteiger partial charge on any atom is -0.492 e. The number of nitrogens with zero attached hydrogens (tertiary/aromatic N) is 9. The molecule has 2 aromatic rings. The van der Waals surface area contributed by atoms with Crippen molar-refractivity contribution in [1.29, 1.82) is 0 Å². The predicted octanol–water partition coefficient (Wildman–Crippen LogP) is 8.29. The molecule has 0 aliphatic heterocycles. The molecule has 0 saturated heterocycles. The molecule has 2 aromatic carbocycles. The van der Waals surface area contributed by atoms with Crippen LogP contribution < -0.4 is 9.47 Å². The summed E-state index contributed by atoms with van der Waals surface area (Å²) < 4.78 is 34.1. The summed E-state index contributed by atoms with van der Waals surface area (Å²) in [5.74, 6) is 8.88. The number of ether oxygens (including phenoxy) is 6. The van der Waals surface area contributed by atoms with Gasteiger partial charge in [0.1, 0.15) is 24.7 Å². The molecular weight excluding hydrogens is 1890 g/mol. The fourth-order valence-electron chi connectivity index (χ4n) is 23.3. The van der Waals surface area contributed by atoms with Crippen molar-refractivity contribution in [3.05, 3.63) is 60.7 Å². The van der Waals surface area contributed by atoms with Gasteiger partial charge in [-0.2, -0.15) is 0 Å². The van der Waals surface area contributed by atoms with Gasteiger partial charge in [-0.3, -0.25) is 44.1 Å². The van der Waals surface area contributed by atoms with E-state index >= 15 is 0 Å². The summed E-state index contributed by atoms with van der Waals surface area (Å²) in [6.45, 7) is 34.7. The van der Waals surface area contributed by atoms with Gasteiger partial charge in [-0.05, 0) is 245 Å². The van der Waals surface area contributed by atoms with Crippen molar-refractivity contribution in [2.75, 3.05) is 309 Å². The van der Waals surface area contributed by atoms with Crippen LogP contribution in [-0.4, -0.2) is 494 Å². The van der Waals surface area contributed by atoms with Gasteiger partial charge >= 0.3 is 0 Å². The van der Waals surface area contributed by atoms with Crippen LogP contribution in [0.15, 0.2) is 60.7 Å². The van der Waals surface area contributed by atoms with E-state index in [1.165, 1.54) is 116 Å². The van der Waals surface area contributed by atoms with Crippen molar-refractivity contribution in [1.82, 2.24) is 44.1 Å². The van der Waals surface area contributed by atoms with Crippen LogP contribution in [0.3, 0.4) is 0 Å². The first-order valence-corrected chi connectivity index (χ1v) is 58.8. The molecule has 33 nitrogen and oxygen atoms in total. The predicted molar refractivity (Wildman–Crippen MR) is 592 cm³/mol. The summed E-state index contributed by atoms with van der Waals surface area (Å²) in [5, 5.41) is 172. The number of unbranched alkanes of at least 4 members (excludes halogenated alkanes) is 4. The van der Waals surface area contributed by atoms with E-state index in [-0.39, 0.29) is 117 Å². The lowest BCUT2D eigenvalue weighted by Gasteiger charge is -2.49. The van der Waals surface area contributed by atoms with Crippen molar-refractivity contribution < 1.29 is 120 Å². The standard InChI is InChI=1S/C28H42N2O6.C27H57N3O6.C25H47NO4.C16H35NO4.C13H27NO2.C6H15NO2/c31-17-15-29(23(19-33)21-35-25-9-3-1-4-10-25)27-13-7-8-14-28(27)30(16-18-32)24(20-34)22-36-26-11-5-2-6-12-26;31-18-12-28(13-19-32)9-1-4-25-7-8-26(5-2-10-29(14-20-33)15-21-34)27(24-25)6-3-11-30(16-22-35)17-23-36;1-3-5-11-29-17-22(27)15-26(16-23(28)18-30-12-6-4-2)14-21-9-10-24-19-7-8-20(13-19)25(21)24;1-4-7-9-20-13-15(18)11-17(6-3)12-16(19)14-21-10-8-5-2;15-10-8-14(9-11-16)12-13-6-4-2-1-3-5-7-13;1-2-7(3-5-8)4-6-9/h1-6,9-12,23-24,27-28,31-34H,7-8,13-22H2;25-27,31-36H,1-24H2;19-25,27-28H,3-18H2,1-2H3;15-16,18-19H,4-14H2,1-3H3;13,15-16H,1-12H2;8-9H,2-6H2,1H3. The Kier molecular flexibility index (Phi) is 88.1. The fraction of sp³-hybridized carbons (Fsp3) is 0.896. The summed E-state index contributed by atoms with van der Waals surface area (Å²) in [4.78, 5) is 19.3. The molecule has 33 heteroatoms. The monoisotopic (exact) mass is 2110 g/mol. The van der Waals surface area contributed by atoms with E-state index in [1.807, 2.05) is 84.3 Å². The molecule has 16 atom stereocenters. The number of aliphatic hydroxyl groups excluding tert-OH is 18. The molecule has 6 aliphatic rings. The number of aliphatic hydroxyl groups is 18. The summed E-state index contributed by atoms with van der Waals surface area (Å²) in [6.07, 6.45) is 37.6. The summed E-state index contributed by atoms with van der Waals surface area (Å²) in [5.41, 5.74) is 0. The number of hydrogen-bond acceptors (Lipinski definition) is 33. The topological polar surface area (TPSA) is 449 Å². The van der Waals surface area contributed by atoms with E-state index < -0.39 is 24.4 Å². The number of rotatable bonds is 82. The Morgan fingerprint density at radius 2 is 0.628 bits per heavy atom. The number of para-hydroxylation sites is 2. The maximum atomic E-state index is 10.6. The van der Waals surface area contributed by atoms with E-state index in [2.05, 4.69) is 62.0 Å². The lowest BCUT2D eigenvalue weighted by atomic mass is 9.69. The van der Waals surface area contributed by atoms with Crippen molar-refractivity contribution in [2.45, 2.75) is 302 Å². The van der Waals surface area contributed by atoms with E-state index in [1.54, 1.807) is 0 Å². The van der Waals surface area contributed by atoms with Crippen LogP contribution in [0.25, 0.3) is 0 Å². The second-order valence-corrected chi connectivity index (χ2v) is 42.4. The van der Waals surface area contributed by atoms with Crippen LogP contribution in [-0.2, 0) is 18.9 Å². The molecule has 6 saturated carbocycles. The summed E-state index contributed by atoms with van der Waals surface area (Å²) in [6, 6.07) is 18.5. The highest BCUT2D eigenvalue weighted by atomic mass is 16.5. The first-order chi connectivity index (χ1) is 72.3. The fourth-order valence-corrected chi connectivity index (χ4v) is 23.3. The van der Waals surface area contributed by atoms with Gasteiger partial charge in [0.2, 0.25) is 0 Å². The lowest BCUT2D eigenvalue weighted by molar-refractivity contribution is -0.0439. The molecule has 6 fully saturated rings. The number of fused-ring (bicyclic) bond motifs is 5. The molecule has 872 valence electrons. The van der Waals surface area contributed by atoms with Crippen molar-refractivity contribution in [2.24, 2.45) is 53.3 Å². The zero-order chi connectivity index (χ0) is 108. The zero-order valence-electron chi connectivity index (χ0n) is 93.7. The molecule has 0 aromatic heterocycles. The van der Waals surface area contributed by atoms with Gasteiger partial charge in [0.05, 0.1) is 155 Å². The number of hydrogen-bond donors (Lipinski definition) is 18. The average molecular weight is 2120 g/mol. The zero-order valence-corrected chi connectivity index (χ0v) is 93.7. The van der Waals surface area contributed by atoms with Gasteiger partial charge in [-0.15, -0.1) is 0 Å². The normalized spacial score (nSPS) is 21.2. The molecule has 148 heavy (non-hydrogen) atoms. The quantitative estimate of drug-likeness (QED) is 0.0277. The third-order valence-electron chi connectivity index (χ3n) is 31.0. The molecule has 16 unspecified atom stereocenters. The SMILES string of the molecule is CCCCOCC(O)CN(CC(O)COCCCC)CC1CCC2C3CCC(C3)C12.CCCCOCC(O)CN(CC)CC(O)COCCCC.CCN(CCO)CCO.OCCN(C(CO)COc1ccccc1)C1CCCCC1N(CCO)C(CO)COc1ccccc1.OCCN(CCO)CC1CCCCCCC1.OCCN(CCO)CCCC1CCC(CCCN(CCO)CCO)C(CCCN(CCO)CCO)C1. The Bertz CT molecular complexity index is 3020. The van der Waals surface area contributed by atoms with Crippen LogP contribution in [0.1, 0.15) is 253 Å². The third kappa shape index (κ3) is 63.4. The Labute approximate surface area is 896 Å². The molecule has 0 heterocycles. The average Bonchev–Trinajstić information content (AvgIpc) is 1.60.